The lowest BCUT2D eigenvalue weighted by atomic mass is 10.2. The second-order valence-electron chi connectivity index (χ2n) is 7.31. The number of guanidine groups is 1. The molecule has 0 spiro atoms. The molecule has 2 aliphatic rings. The molecule has 0 radical (unpaired) electrons. The normalized spacial score (nSPS) is 21.4. The molecule has 0 bridgehead atoms. The van der Waals surface area contributed by atoms with Crippen molar-refractivity contribution >= 4 is 27.6 Å². The summed E-state index contributed by atoms with van der Waals surface area (Å²) in [5.74, 6) is 0.939. The van der Waals surface area contributed by atoms with Crippen LogP contribution in [0.3, 0.4) is 0 Å². The van der Waals surface area contributed by atoms with Crippen molar-refractivity contribution < 1.29 is 0 Å². The van der Waals surface area contributed by atoms with Gasteiger partial charge in [0.15, 0.2) is 5.96 Å². The van der Waals surface area contributed by atoms with Gasteiger partial charge in [0.05, 0.1) is 0 Å². The Balaban J connectivity index is 1.33. The van der Waals surface area contributed by atoms with E-state index in [-0.39, 0.29) is 0 Å². The molecule has 1 unspecified atom stereocenters. The number of anilines is 1. The molecule has 2 saturated heterocycles. The van der Waals surface area contributed by atoms with E-state index in [4.69, 9.17) is 0 Å². The van der Waals surface area contributed by atoms with Crippen LogP contribution in [0, 0.1) is 0 Å². The average molecular weight is 422 g/mol. The van der Waals surface area contributed by atoms with Crippen LogP contribution in [-0.2, 0) is 0 Å². The Hall–Kier alpha value is -1.27. The Morgan fingerprint density at radius 3 is 2.65 bits per heavy atom. The van der Waals surface area contributed by atoms with E-state index in [1.54, 1.807) is 0 Å². The van der Waals surface area contributed by atoms with E-state index in [9.17, 15) is 0 Å². The largest absolute Gasteiger partial charge is 0.369 e. The number of nitrogens with zero attached hydrogens (tertiary/aromatic N) is 3. The number of likely N-dealkylation sites (tertiary alicyclic amines) is 1. The van der Waals surface area contributed by atoms with Crippen LogP contribution < -0.4 is 15.5 Å². The quantitative estimate of drug-likeness (QED) is 0.403. The molecule has 1 aromatic rings. The van der Waals surface area contributed by atoms with Crippen LogP contribution in [-0.4, -0.2) is 63.2 Å². The first-order chi connectivity index (χ1) is 12.7. The number of unbranched alkanes of at least 4 members (excludes halogenated alkanes) is 1. The summed E-state index contributed by atoms with van der Waals surface area (Å²) >= 11 is 3.50. The Morgan fingerprint density at radius 2 is 1.92 bits per heavy atom. The number of nitrogens with one attached hydrogen (secondary N) is 2. The standard InChI is InChI=1S/C20H32BrN5/c1-22-20(23-11-2-3-12-25-13-4-5-14-25)24-18-10-15-26(16-18)19-8-6-17(21)7-9-19/h6-9,18H,2-5,10-16H2,1H3,(H2,22,23,24). The van der Waals surface area contributed by atoms with Gasteiger partial charge in [0.25, 0.3) is 0 Å². The summed E-state index contributed by atoms with van der Waals surface area (Å²) in [4.78, 5) is 9.42. The number of benzene rings is 1. The van der Waals surface area contributed by atoms with Crippen LogP contribution in [0.25, 0.3) is 0 Å². The summed E-state index contributed by atoms with van der Waals surface area (Å²) in [7, 11) is 1.86. The molecule has 3 rings (SSSR count). The summed E-state index contributed by atoms with van der Waals surface area (Å²) in [5, 5.41) is 7.07. The fraction of sp³-hybridized carbons (Fsp3) is 0.650. The van der Waals surface area contributed by atoms with Crippen LogP contribution in [0.4, 0.5) is 5.69 Å². The number of rotatable bonds is 7. The third kappa shape index (κ3) is 5.88. The highest BCUT2D eigenvalue weighted by atomic mass is 79.9. The number of aliphatic imine (C=N–C) groups is 1. The maximum absolute atomic E-state index is 4.40. The zero-order valence-corrected chi connectivity index (χ0v) is 17.5. The highest BCUT2D eigenvalue weighted by Crippen LogP contribution is 2.22. The second-order valence-corrected chi connectivity index (χ2v) is 8.22. The van der Waals surface area contributed by atoms with E-state index in [1.165, 1.54) is 51.0 Å². The molecule has 2 fully saturated rings. The van der Waals surface area contributed by atoms with Crippen molar-refractivity contribution in [2.24, 2.45) is 4.99 Å². The molecular formula is C20H32BrN5. The number of halogens is 1. The zero-order chi connectivity index (χ0) is 18.2. The first-order valence-electron chi connectivity index (χ1n) is 9.94. The van der Waals surface area contributed by atoms with Crippen LogP contribution >= 0.6 is 15.9 Å². The third-order valence-corrected chi connectivity index (χ3v) is 5.87. The van der Waals surface area contributed by atoms with Crippen molar-refractivity contribution in [1.82, 2.24) is 15.5 Å². The third-order valence-electron chi connectivity index (χ3n) is 5.34. The molecule has 0 amide bonds. The molecule has 0 aliphatic carbocycles. The van der Waals surface area contributed by atoms with Gasteiger partial charge < -0.3 is 20.4 Å². The minimum absolute atomic E-state index is 0.453. The molecule has 6 heteroatoms. The van der Waals surface area contributed by atoms with Crippen molar-refractivity contribution in [2.75, 3.05) is 51.2 Å². The fourth-order valence-corrected chi connectivity index (χ4v) is 4.09. The zero-order valence-electron chi connectivity index (χ0n) is 15.9. The summed E-state index contributed by atoms with van der Waals surface area (Å²) in [6, 6.07) is 9.03. The van der Waals surface area contributed by atoms with E-state index in [2.05, 4.69) is 65.6 Å². The van der Waals surface area contributed by atoms with Gasteiger partial charge in [-0.25, -0.2) is 0 Å². The highest BCUT2D eigenvalue weighted by Gasteiger charge is 2.23. The molecule has 0 aromatic heterocycles. The Kier molecular flexibility index (Phi) is 7.62. The van der Waals surface area contributed by atoms with Crippen molar-refractivity contribution in [3.05, 3.63) is 28.7 Å². The van der Waals surface area contributed by atoms with Crippen molar-refractivity contribution in [1.29, 1.82) is 0 Å². The predicted octanol–water partition coefficient (Wildman–Crippen LogP) is 3.07. The average Bonchev–Trinajstić information content (AvgIpc) is 3.33. The lowest BCUT2D eigenvalue weighted by molar-refractivity contribution is 0.330. The molecule has 144 valence electrons. The van der Waals surface area contributed by atoms with Gasteiger partial charge in [-0.3, -0.25) is 4.99 Å². The van der Waals surface area contributed by atoms with E-state index in [1.807, 2.05) is 7.05 Å². The molecular weight excluding hydrogens is 390 g/mol. The van der Waals surface area contributed by atoms with Crippen LogP contribution in [0.5, 0.6) is 0 Å². The van der Waals surface area contributed by atoms with Crippen LogP contribution in [0.15, 0.2) is 33.7 Å². The molecule has 0 saturated carbocycles. The molecule has 5 nitrogen and oxygen atoms in total. The van der Waals surface area contributed by atoms with E-state index in [0.717, 1.165) is 36.5 Å². The second kappa shape index (κ2) is 10.2. The highest BCUT2D eigenvalue weighted by molar-refractivity contribution is 9.10. The van der Waals surface area contributed by atoms with Gasteiger partial charge in [-0.2, -0.15) is 0 Å². The predicted molar refractivity (Wildman–Crippen MR) is 114 cm³/mol. The number of hydrogen-bond acceptors (Lipinski definition) is 3. The van der Waals surface area contributed by atoms with Gasteiger partial charge >= 0.3 is 0 Å². The van der Waals surface area contributed by atoms with E-state index in [0.29, 0.717) is 6.04 Å². The van der Waals surface area contributed by atoms with E-state index < -0.39 is 0 Å². The lowest BCUT2D eigenvalue weighted by Crippen LogP contribution is -2.44. The Labute approximate surface area is 166 Å². The first-order valence-corrected chi connectivity index (χ1v) is 10.7. The van der Waals surface area contributed by atoms with Crippen molar-refractivity contribution in [3.8, 4) is 0 Å². The minimum atomic E-state index is 0.453. The lowest BCUT2D eigenvalue weighted by Gasteiger charge is -2.20. The topological polar surface area (TPSA) is 42.9 Å². The first kappa shape index (κ1) is 19.5. The minimum Gasteiger partial charge on any atom is -0.369 e. The van der Waals surface area contributed by atoms with Gasteiger partial charge in [-0.05, 0) is 76.0 Å². The van der Waals surface area contributed by atoms with Gasteiger partial charge in [0.1, 0.15) is 0 Å². The molecule has 26 heavy (non-hydrogen) atoms. The molecule has 2 heterocycles. The molecule has 2 aliphatic heterocycles. The molecule has 1 aromatic carbocycles. The monoisotopic (exact) mass is 421 g/mol. The molecule has 1 atom stereocenters. The van der Waals surface area contributed by atoms with Gasteiger partial charge in [0, 0.05) is 42.9 Å². The van der Waals surface area contributed by atoms with E-state index >= 15 is 0 Å². The Bertz CT molecular complexity index is 568. The maximum atomic E-state index is 4.40. The van der Waals surface area contributed by atoms with Gasteiger partial charge in [-0.1, -0.05) is 15.9 Å². The summed E-state index contributed by atoms with van der Waals surface area (Å²) < 4.78 is 1.13. The SMILES string of the molecule is CN=C(NCCCCN1CCCC1)NC1CCN(c2ccc(Br)cc2)C1. The molecule has 2 N–H and O–H groups in total. The Morgan fingerprint density at radius 1 is 1.15 bits per heavy atom. The van der Waals surface area contributed by atoms with Gasteiger partial charge in [0.2, 0.25) is 0 Å². The summed E-state index contributed by atoms with van der Waals surface area (Å²) in [6.07, 6.45) is 6.38. The van der Waals surface area contributed by atoms with Crippen LogP contribution in [0.1, 0.15) is 32.1 Å². The maximum Gasteiger partial charge on any atom is 0.191 e. The number of hydrogen-bond donors (Lipinski definition) is 2. The fourth-order valence-electron chi connectivity index (χ4n) is 3.83. The van der Waals surface area contributed by atoms with Crippen molar-refractivity contribution in [2.45, 2.75) is 38.1 Å². The van der Waals surface area contributed by atoms with Crippen molar-refractivity contribution in [3.63, 3.8) is 0 Å². The van der Waals surface area contributed by atoms with Crippen LogP contribution in [0.2, 0.25) is 0 Å². The van der Waals surface area contributed by atoms with Gasteiger partial charge in [-0.15, -0.1) is 0 Å². The summed E-state index contributed by atoms with van der Waals surface area (Å²) in [6.45, 7) is 6.96. The summed E-state index contributed by atoms with van der Waals surface area (Å²) in [5.41, 5.74) is 1.29. The smallest absolute Gasteiger partial charge is 0.191 e.